The molecule has 1 nitrogen and oxygen atoms in total. The molecule has 1 aromatic carbocycles. The quantitative estimate of drug-likeness (QED) is 0.723. The number of hydrogen-bond donors (Lipinski definition) is 0. The molecular formula is C16H17F3O. The maximum atomic E-state index is 12.5. The van der Waals surface area contributed by atoms with Crippen LogP contribution in [0.3, 0.4) is 0 Å². The summed E-state index contributed by atoms with van der Waals surface area (Å²) in [6, 6.07) is 7.02. The van der Waals surface area contributed by atoms with Crippen LogP contribution in [-0.2, 0) is 19.0 Å². The van der Waals surface area contributed by atoms with Crippen LogP contribution in [0.25, 0.3) is 11.3 Å². The lowest BCUT2D eigenvalue weighted by atomic mass is 10.1. The molecule has 0 fully saturated rings. The van der Waals surface area contributed by atoms with Crippen LogP contribution in [0.1, 0.15) is 37.2 Å². The number of alkyl halides is 3. The van der Waals surface area contributed by atoms with E-state index in [9.17, 15) is 13.2 Å². The van der Waals surface area contributed by atoms with Crippen LogP contribution in [0.4, 0.5) is 13.2 Å². The predicted octanol–water partition coefficient (Wildman–Crippen LogP) is 5.48. The molecule has 0 aliphatic rings. The average molecular weight is 282 g/mol. The molecule has 20 heavy (non-hydrogen) atoms. The first-order valence-electron chi connectivity index (χ1n) is 6.75. The highest BCUT2D eigenvalue weighted by atomic mass is 19.4. The van der Waals surface area contributed by atoms with Gasteiger partial charge in [-0.05, 0) is 30.2 Å². The van der Waals surface area contributed by atoms with Crippen molar-refractivity contribution in [3.8, 4) is 11.3 Å². The minimum Gasteiger partial charge on any atom is -0.461 e. The van der Waals surface area contributed by atoms with Gasteiger partial charge in [-0.25, -0.2) is 0 Å². The summed E-state index contributed by atoms with van der Waals surface area (Å²) in [5.41, 5.74) is 1.18. The van der Waals surface area contributed by atoms with Gasteiger partial charge in [0.1, 0.15) is 11.5 Å². The van der Waals surface area contributed by atoms with E-state index >= 15 is 0 Å². The number of hydrogen-bond acceptors (Lipinski definition) is 1. The minimum absolute atomic E-state index is 0.638. The lowest BCUT2D eigenvalue weighted by Crippen LogP contribution is -2.03. The standard InChI is InChI=1S/C16H17F3O/c1-3-5-12-10-15(20-14(12)4-2)11-6-8-13(9-7-11)16(17,18)19/h6-10H,3-5H2,1-2H3. The van der Waals surface area contributed by atoms with Crippen LogP contribution in [0.15, 0.2) is 34.7 Å². The Kier molecular flexibility index (Phi) is 4.21. The van der Waals surface area contributed by atoms with Crippen molar-refractivity contribution < 1.29 is 17.6 Å². The summed E-state index contributed by atoms with van der Waals surface area (Å²) in [6.07, 6.45) is -1.58. The van der Waals surface area contributed by atoms with Gasteiger partial charge < -0.3 is 4.42 Å². The monoisotopic (exact) mass is 282 g/mol. The Morgan fingerprint density at radius 1 is 1.05 bits per heavy atom. The fraction of sp³-hybridized carbons (Fsp3) is 0.375. The molecular weight excluding hydrogens is 265 g/mol. The second kappa shape index (κ2) is 5.73. The Morgan fingerprint density at radius 3 is 2.20 bits per heavy atom. The summed E-state index contributed by atoms with van der Waals surface area (Å²) in [7, 11) is 0. The molecule has 1 aromatic heterocycles. The van der Waals surface area contributed by atoms with Gasteiger partial charge >= 0.3 is 6.18 Å². The molecule has 108 valence electrons. The van der Waals surface area contributed by atoms with Crippen molar-refractivity contribution >= 4 is 0 Å². The van der Waals surface area contributed by atoms with Crippen LogP contribution in [0.2, 0.25) is 0 Å². The molecule has 0 unspecified atom stereocenters. The van der Waals surface area contributed by atoms with Crippen LogP contribution < -0.4 is 0 Å². The van der Waals surface area contributed by atoms with E-state index in [-0.39, 0.29) is 0 Å². The zero-order valence-electron chi connectivity index (χ0n) is 11.6. The Morgan fingerprint density at radius 2 is 1.70 bits per heavy atom. The second-order valence-electron chi connectivity index (χ2n) is 4.74. The van der Waals surface area contributed by atoms with E-state index in [1.807, 2.05) is 13.0 Å². The van der Waals surface area contributed by atoms with Crippen molar-refractivity contribution in [1.29, 1.82) is 0 Å². The van der Waals surface area contributed by atoms with Gasteiger partial charge in [0.15, 0.2) is 0 Å². The molecule has 2 rings (SSSR count). The van der Waals surface area contributed by atoms with Gasteiger partial charge in [-0.1, -0.05) is 32.4 Å². The third kappa shape index (κ3) is 3.06. The summed E-state index contributed by atoms with van der Waals surface area (Å²) in [4.78, 5) is 0. The topological polar surface area (TPSA) is 13.1 Å². The number of aryl methyl sites for hydroxylation is 2. The summed E-state index contributed by atoms with van der Waals surface area (Å²) in [5, 5.41) is 0. The molecule has 0 aliphatic heterocycles. The molecule has 0 N–H and O–H groups in total. The van der Waals surface area contributed by atoms with Gasteiger partial charge in [-0.3, -0.25) is 0 Å². The maximum Gasteiger partial charge on any atom is 0.416 e. The highest BCUT2D eigenvalue weighted by Gasteiger charge is 2.30. The van der Waals surface area contributed by atoms with E-state index < -0.39 is 11.7 Å². The van der Waals surface area contributed by atoms with E-state index in [0.29, 0.717) is 11.3 Å². The number of rotatable bonds is 4. The van der Waals surface area contributed by atoms with Gasteiger partial charge in [0.05, 0.1) is 5.56 Å². The molecule has 0 atom stereocenters. The lowest BCUT2D eigenvalue weighted by molar-refractivity contribution is -0.137. The van der Waals surface area contributed by atoms with E-state index in [2.05, 4.69) is 6.92 Å². The molecule has 0 aliphatic carbocycles. The van der Waals surface area contributed by atoms with Crippen LogP contribution in [-0.4, -0.2) is 0 Å². The summed E-state index contributed by atoms with van der Waals surface area (Å²) in [6.45, 7) is 4.10. The van der Waals surface area contributed by atoms with E-state index in [4.69, 9.17) is 4.42 Å². The third-order valence-corrected chi connectivity index (χ3v) is 3.23. The Bertz CT molecular complexity index is 564. The van der Waals surface area contributed by atoms with Gasteiger partial charge in [0, 0.05) is 12.0 Å². The van der Waals surface area contributed by atoms with Crippen LogP contribution in [0.5, 0.6) is 0 Å². The van der Waals surface area contributed by atoms with Crippen molar-refractivity contribution in [2.24, 2.45) is 0 Å². The largest absolute Gasteiger partial charge is 0.461 e. The first-order valence-corrected chi connectivity index (χ1v) is 6.75. The number of benzene rings is 1. The molecule has 0 saturated heterocycles. The summed E-state index contributed by atoms with van der Waals surface area (Å²) < 4.78 is 43.3. The first-order chi connectivity index (χ1) is 9.45. The molecule has 0 amide bonds. The molecule has 4 heteroatoms. The average Bonchev–Trinajstić information content (AvgIpc) is 2.81. The van der Waals surface area contributed by atoms with Crippen LogP contribution in [0, 0.1) is 0 Å². The van der Waals surface area contributed by atoms with Gasteiger partial charge in [0.25, 0.3) is 0 Å². The van der Waals surface area contributed by atoms with Crippen molar-refractivity contribution in [3.05, 3.63) is 47.2 Å². The van der Waals surface area contributed by atoms with E-state index in [1.165, 1.54) is 12.1 Å². The van der Waals surface area contributed by atoms with Crippen molar-refractivity contribution in [1.82, 2.24) is 0 Å². The molecule has 0 saturated carbocycles. The Balaban J connectivity index is 2.32. The molecule has 2 aromatic rings. The highest BCUT2D eigenvalue weighted by Crippen LogP contribution is 2.32. The van der Waals surface area contributed by atoms with Crippen molar-refractivity contribution in [2.75, 3.05) is 0 Å². The van der Waals surface area contributed by atoms with E-state index in [0.717, 1.165) is 42.7 Å². The van der Waals surface area contributed by atoms with Gasteiger partial charge in [-0.2, -0.15) is 13.2 Å². The maximum absolute atomic E-state index is 12.5. The Hall–Kier alpha value is -1.71. The fourth-order valence-corrected chi connectivity index (χ4v) is 2.21. The number of furan rings is 1. The zero-order valence-corrected chi connectivity index (χ0v) is 11.6. The SMILES string of the molecule is CCCc1cc(-c2ccc(C(F)(F)F)cc2)oc1CC. The summed E-state index contributed by atoms with van der Waals surface area (Å²) >= 11 is 0. The second-order valence-corrected chi connectivity index (χ2v) is 4.74. The number of halogens is 3. The Labute approximate surface area is 116 Å². The van der Waals surface area contributed by atoms with Crippen LogP contribution >= 0.6 is 0 Å². The van der Waals surface area contributed by atoms with E-state index in [1.54, 1.807) is 0 Å². The fourth-order valence-electron chi connectivity index (χ4n) is 2.21. The molecule has 1 heterocycles. The zero-order chi connectivity index (χ0) is 14.8. The van der Waals surface area contributed by atoms with Gasteiger partial charge in [0.2, 0.25) is 0 Å². The normalized spacial score (nSPS) is 11.8. The minimum atomic E-state index is -4.30. The molecule has 0 radical (unpaired) electrons. The molecule has 0 bridgehead atoms. The lowest BCUT2D eigenvalue weighted by Gasteiger charge is -2.06. The smallest absolute Gasteiger partial charge is 0.416 e. The molecule has 0 spiro atoms. The predicted molar refractivity (Wildman–Crippen MR) is 72.5 cm³/mol. The third-order valence-electron chi connectivity index (χ3n) is 3.23. The van der Waals surface area contributed by atoms with Crippen molar-refractivity contribution in [3.63, 3.8) is 0 Å². The first kappa shape index (κ1) is 14.7. The van der Waals surface area contributed by atoms with Gasteiger partial charge in [-0.15, -0.1) is 0 Å². The van der Waals surface area contributed by atoms with Crippen molar-refractivity contribution in [2.45, 2.75) is 39.3 Å². The summed E-state index contributed by atoms with van der Waals surface area (Å²) in [5.74, 6) is 1.56. The highest BCUT2D eigenvalue weighted by molar-refractivity contribution is 5.59.